The van der Waals surface area contributed by atoms with E-state index < -0.39 is 0 Å². The number of nitrogens with zero attached hydrogens (tertiary/aromatic N) is 4. The Balaban J connectivity index is 0.994. The number of para-hydroxylation sites is 1. The number of hydrogen-bond donors (Lipinski definition) is 2. The molecular weight excluding hydrogens is 496 g/mol. The Hall–Kier alpha value is -3.97. The maximum atomic E-state index is 12.8. The van der Waals surface area contributed by atoms with Crippen LogP contribution in [-0.2, 0) is 6.54 Å². The SMILES string of the molecule is CC(CNC1CCC(Nc2nc(N(C)C)c3ccccc3n2)CC1)c1ccc(N2Cc3ccccc3C2=O)cc1. The number of carbonyl (C=O) groups is 1. The Labute approximate surface area is 236 Å². The fourth-order valence-corrected chi connectivity index (χ4v) is 6.00. The minimum Gasteiger partial charge on any atom is -0.362 e. The van der Waals surface area contributed by atoms with Crippen molar-refractivity contribution >= 4 is 34.3 Å². The van der Waals surface area contributed by atoms with Gasteiger partial charge in [-0.25, -0.2) is 4.98 Å². The molecule has 0 spiro atoms. The van der Waals surface area contributed by atoms with E-state index in [0.717, 1.165) is 71.7 Å². The van der Waals surface area contributed by atoms with Crippen molar-refractivity contribution in [3.05, 3.63) is 89.5 Å². The van der Waals surface area contributed by atoms with Crippen LogP contribution in [0.15, 0.2) is 72.8 Å². The van der Waals surface area contributed by atoms with Crippen LogP contribution < -0.4 is 20.4 Å². The number of anilines is 3. The molecule has 1 aliphatic carbocycles. The highest BCUT2D eigenvalue weighted by Crippen LogP contribution is 2.30. The van der Waals surface area contributed by atoms with Gasteiger partial charge in [-0.1, -0.05) is 49.4 Å². The summed E-state index contributed by atoms with van der Waals surface area (Å²) >= 11 is 0. The lowest BCUT2D eigenvalue weighted by molar-refractivity contribution is 0.0996. The van der Waals surface area contributed by atoms with Crippen LogP contribution in [0.2, 0.25) is 0 Å². The van der Waals surface area contributed by atoms with E-state index in [2.05, 4.69) is 58.9 Å². The number of nitrogens with one attached hydrogen (secondary N) is 2. The number of hydrogen-bond acceptors (Lipinski definition) is 6. The summed E-state index contributed by atoms with van der Waals surface area (Å²) in [6.45, 7) is 3.86. The zero-order chi connectivity index (χ0) is 27.6. The zero-order valence-corrected chi connectivity index (χ0v) is 23.6. The fourth-order valence-electron chi connectivity index (χ4n) is 6.00. The minimum atomic E-state index is 0.0912. The molecule has 0 saturated heterocycles. The predicted octanol–water partition coefficient (Wildman–Crippen LogP) is 5.97. The molecular formula is C33H38N6O. The molecule has 1 aliphatic heterocycles. The molecule has 206 valence electrons. The smallest absolute Gasteiger partial charge is 0.258 e. The van der Waals surface area contributed by atoms with Crippen LogP contribution in [0.1, 0.15) is 60.0 Å². The molecule has 3 aromatic carbocycles. The summed E-state index contributed by atoms with van der Waals surface area (Å²) in [7, 11) is 4.05. The maximum absolute atomic E-state index is 12.8. The Kier molecular flexibility index (Phi) is 7.39. The van der Waals surface area contributed by atoms with Gasteiger partial charge >= 0.3 is 0 Å². The Morgan fingerprint density at radius 3 is 2.35 bits per heavy atom. The van der Waals surface area contributed by atoms with Gasteiger partial charge in [0.15, 0.2) is 0 Å². The molecule has 2 heterocycles. The molecule has 0 bridgehead atoms. The van der Waals surface area contributed by atoms with E-state index in [4.69, 9.17) is 9.97 Å². The summed E-state index contributed by atoms with van der Waals surface area (Å²) in [5.41, 5.74) is 5.14. The Morgan fingerprint density at radius 2 is 1.60 bits per heavy atom. The van der Waals surface area contributed by atoms with E-state index in [9.17, 15) is 4.79 Å². The average molecular weight is 535 g/mol. The van der Waals surface area contributed by atoms with Crippen LogP contribution in [0, 0.1) is 0 Å². The van der Waals surface area contributed by atoms with Gasteiger partial charge < -0.3 is 20.4 Å². The topological polar surface area (TPSA) is 73.4 Å². The molecule has 1 atom stereocenters. The lowest BCUT2D eigenvalue weighted by atomic mass is 9.90. The third-order valence-electron chi connectivity index (χ3n) is 8.38. The van der Waals surface area contributed by atoms with Crippen molar-refractivity contribution in [1.29, 1.82) is 0 Å². The number of aromatic nitrogens is 2. The lowest BCUT2D eigenvalue weighted by Gasteiger charge is -2.31. The molecule has 2 aliphatic rings. The predicted molar refractivity (Wildman–Crippen MR) is 163 cm³/mol. The van der Waals surface area contributed by atoms with E-state index in [0.29, 0.717) is 24.5 Å². The first-order chi connectivity index (χ1) is 19.5. The van der Waals surface area contributed by atoms with Gasteiger partial charge in [0.1, 0.15) is 5.82 Å². The van der Waals surface area contributed by atoms with E-state index in [1.54, 1.807) is 0 Å². The Morgan fingerprint density at radius 1 is 0.900 bits per heavy atom. The average Bonchev–Trinajstić information content (AvgIpc) is 3.32. The minimum absolute atomic E-state index is 0.0912. The molecule has 1 amide bonds. The summed E-state index contributed by atoms with van der Waals surface area (Å²) in [6.07, 6.45) is 4.46. The van der Waals surface area contributed by atoms with Crippen LogP contribution in [-0.4, -0.2) is 48.6 Å². The van der Waals surface area contributed by atoms with Crippen molar-refractivity contribution in [3.8, 4) is 0 Å². The lowest BCUT2D eigenvalue weighted by Crippen LogP contribution is -2.38. The second-order valence-electron chi connectivity index (χ2n) is 11.4. The third-order valence-corrected chi connectivity index (χ3v) is 8.38. The van der Waals surface area contributed by atoms with Crippen molar-refractivity contribution in [2.45, 2.75) is 57.2 Å². The maximum Gasteiger partial charge on any atom is 0.258 e. The first kappa shape index (κ1) is 26.3. The molecule has 2 N–H and O–H groups in total. The number of rotatable bonds is 8. The van der Waals surface area contributed by atoms with E-state index in [1.165, 1.54) is 5.56 Å². The number of benzene rings is 3. The highest BCUT2D eigenvalue weighted by atomic mass is 16.2. The molecule has 1 unspecified atom stereocenters. The van der Waals surface area contributed by atoms with Gasteiger partial charge in [-0.2, -0.15) is 4.98 Å². The van der Waals surface area contributed by atoms with E-state index in [1.807, 2.05) is 55.4 Å². The van der Waals surface area contributed by atoms with Gasteiger partial charge in [0.25, 0.3) is 5.91 Å². The summed E-state index contributed by atoms with van der Waals surface area (Å²) in [5, 5.41) is 8.50. The van der Waals surface area contributed by atoms with Crippen LogP contribution in [0.4, 0.5) is 17.5 Å². The number of carbonyl (C=O) groups excluding carboxylic acids is 1. The van der Waals surface area contributed by atoms with Crippen molar-refractivity contribution < 1.29 is 4.79 Å². The van der Waals surface area contributed by atoms with Crippen molar-refractivity contribution in [1.82, 2.24) is 15.3 Å². The Bertz CT molecular complexity index is 1490. The molecule has 4 aromatic rings. The molecule has 6 rings (SSSR count). The van der Waals surface area contributed by atoms with Crippen LogP contribution in [0.5, 0.6) is 0 Å². The molecule has 1 fully saturated rings. The summed E-state index contributed by atoms with van der Waals surface area (Å²) in [4.78, 5) is 26.3. The van der Waals surface area contributed by atoms with Crippen LogP contribution in [0.25, 0.3) is 10.9 Å². The molecule has 1 aromatic heterocycles. The summed E-state index contributed by atoms with van der Waals surface area (Å²) in [5.74, 6) is 2.15. The van der Waals surface area contributed by atoms with Crippen LogP contribution >= 0.6 is 0 Å². The summed E-state index contributed by atoms with van der Waals surface area (Å²) < 4.78 is 0. The monoisotopic (exact) mass is 534 g/mol. The second kappa shape index (κ2) is 11.3. The van der Waals surface area contributed by atoms with Gasteiger partial charge in [-0.3, -0.25) is 4.79 Å². The van der Waals surface area contributed by atoms with Gasteiger partial charge in [0, 0.05) is 49.4 Å². The highest BCUT2D eigenvalue weighted by molar-refractivity contribution is 6.10. The molecule has 1 saturated carbocycles. The standard InChI is InChI=1S/C33H38N6O/c1-22(23-12-18-27(19-13-23)39-21-24-8-4-5-9-28(24)32(39)40)20-34-25-14-16-26(17-15-25)35-33-36-30-11-7-6-10-29(30)31(37-33)38(2)3/h4-13,18-19,22,25-26,34H,14-17,20-21H2,1-3H3,(H,35,36,37). The molecule has 7 nitrogen and oxygen atoms in total. The van der Waals surface area contributed by atoms with Gasteiger partial charge in [-0.15, -0.1) is 0 Å². The van der Waals surface area contributed by atoms with Crippen molar-refractivity contribution in [2.24, 2.45) is 0 Å². The van der Waals surface area contributed by atoms with Gasteiger partial charge in [0.2, 0.25) is 5.95 Å². The largest absolute Gasteiger partial charge is 0.362 e. The summed E-state index contributed by atoms with van der Waals surface area (Å²) in [6, 6.07) is 25.5. The zero-order valence-electron chi connectivity index (χ0n) is 23.6. The third kappa shape index (κ3) is 5.39. The number of amides is 1. The van der Waals surface area contributed by atoms with Gasteiger partial charge in [-0.05, 0) is 73.1 Å². The first-order valence-corrected chi connectivity index (χ1v) is 14.4. The fraction of sp³-hybridized carbons (Fsp3) is 0.364. The molecule has 0 radical (unpaired) electrons. The first-order valence-electron chi connectivity index (χ1n) is 14.4. The normalized spacial score (nSPS) is 19.5. The molecule has 7 heteroatoms. The molecule has 40 heavy (non-hydrogen) atoms. The second-order valence-corrected chi connectivity index (χ2v) is 11.4. The van der Waals surface area contributed by atoms with E-state index in [-0.39, 0.29) is 5.91 Å². The highest BCUT2D eigenvalue weighted by Gasteiger charge is 2.28. The van der Waals surface area contributed by atoms with Crippen molar-refractivity contribution in [3.63, 3.8) is 0 Å². The quantitative estimate of drug-likeness (QED) is 0.290. The number of fused-ring (bicyclic) bond motifs is 2. The van der Waals surface area contributed by atoms with Crippen molar-refractivity contribution in [2.75, 3.05) is 35.8 Å². The van der Waals surface area contributed by atoms with Gasteiger partial charge in [0.05, 0.1) is 12.1 Å². The van der Waals surface area contributed by atoms with Crippen LogP contribution in [0.3, 0.4) is 0 Å². The van der Waals surface area contributed by atoms with E-state index >= 15 is 0 Å².